The second kappa shape index (κ2) is 3.04. The van der Waals surface area contributed by atoms with Crippen molar-refractivity contribution in [2.45, 2.75) is 0 Å². The van der Waals surface area contributed by atoms with Gasteiger partial charge in [-0.2, -0.15) is 0 Å². The van der Waals surface area contributed by atoms with E-state index in [1.165, 1.54) is 0 Å². The molecule has 1 aliphatic rings. The maximum absolute atomic E-state index is 10.3. The SMILES string of the molecule is O=C(O)C1=CN=C(C(=O)O)CN1. The summed E-state index contributed by atoms with van der Waals surface area (Å²) in [7, 11) is 0. The van der Waals surface area contributed by atoms with Crippen LogP contribution in [0.1, 0.15) is 0 Å². The molecule has 1 heterocycles. The second-order valence-corrected chi connectivity index (χ2v) is 2.08. The molecule has 0 unspecified atom stereocenters. The molecular formula is C6H6N2O4. The Hall–Kier alpha value is -1.85. The second-order valence-electron chi connectivity index (χ2n) is 2.08. The van der Waals surface area contributed by atoms with Gasteiger partial charge in [-0.25, -0.2) is 14.6 Å². The zero-order chi connectivity index (χ0) is 9.14. The fourth-order valence-electron chi connectivity index (χ4n) is 0.674. The summed E-state index contributed by atoms with van der Waals surface area (Å²) in [4.78, 5) is 24.0. The molecule has 6 heteroatoms. The molecule has 0 bridgehead atoms. The lowest BCUT2D eigenvalue weighted by Crippen LogP contribution is -2.33. The molecule has 0 atom stereocenters. The van der Waals surface area contributed by atoms with Gasteiger partial charge in [-0.3, -0.25) is 0 Å². The van der Waals surface area contributed by atoms with Crippen LogP contribution in [0.5, 0.6) is 0 Å². The van der Waals surface area contributed by atoms with E-state index in [1.807, 2.05) is 0 Å². The standard InChI is InChI=1S/C6H6N2O4/c9-5(10)3-1-7-4(2-8-3)6(11)12/h1,8H,2H2,(H,9,10)(H,11,12). The number of carboxylic acids is 2. The fraction of sp³-hybridized carbons (Fsp3) is 0.167. The van der Waals surface area contributed by atoms with Gasteiger partial charge in [0, 0.05) is 0 Å². The summed E-state index contributed by atoms with van der Waals surface area (Å²) < 4.78 is 0. The number of nitrogens with one attached hydrogen (secondary N) is 1. The first-order valence-electron chi connectivity index (χ1n) is 3.08. The van der Waals surface area contributed by atoms with E-state index in [0.717, 1.165) is 6.20 Å². The lowest BCUT2D eigenvalue weighted by atomic mass is 10.3. The summed E-state index contributed by atoms with van der Waals surface area (Å²) in [5, 5.41) is 19.2. The number of nitrogens with zero attached hydrogens (tertiary/aromatic N) is 1. The van der Waals surface area contributed by atoms with Crippen LogP contribution in [0.3, 0.4) is 0 Å². The normalized spacial score (nSPS) is 15.7. The predicted molar refractivity (Wildman–Crippen MR) is 38.8 cm³/mol. The van der Waals surface area contributed by atoms with Crippen LogP contribution in [-0.2, 0) is 9.59 Å². The monoisotopic (exact) mass is 170 g/mol. The Morgan fingerprint density at radius 3 is 2.42 bits per heavy atom. The van der Waals surface area contributed by atoms with E-state index in [-0.39, 0.29) is 18.0 Å². The average molecular weight is 170 g/mol. The minimum atomic E-state index is -1.15. The lowest BCUT2D eigenvalue weighted by molar-refractivity contribution is -0.133. The first-order valence-corrected chi connectivity index (χ1v) is 3.08. The number of hydrogen-bond donors (Lipinski definition) is 3. The van der Waals surface area contributed by atoms with Crippen molar-refractivity contribution in [3.8, 4) is 0 Å². The van der Waals surface area contributed by atoms with E-state index >= 15 is 0 Å². The van der Waals surface area contributed by atoms with Crippen LogP contribution >= 0.6 is 0 Å². The summed E-state index contributed by atoms with van der Waals surface area (Å²) >= 11 is 0. The molecule has 1 aliphatic heterocycles. The maximum atomic E-state index is 10.3. The third-order valence-corrected chi connectivity index (χ3v) is 1.27. The van der Waals surface area contributed by atoms with E-state index in [9.17, 15) is 9.59 Å². The number of rotatable bonds is 2. The van der Waals surface area contributed by atoms with Gasteiger partial charge in [0.2, 0.25) is 0 Å². The molecule has 0 amide bonds. The largest absolute Gasteiger partial charge is 0.477 e. The molecular weight excluding hydrogens is 164 g/mol. The van der Waals surface area contributed by atoms with Crippen LogP contribution in [0.2, 0.25) is 0 Å². The Bertz CT molecular complexity index is 262. The van der Waals surface area contributed by atoms with E-state index < -0.39 is 11.9 Å². The molecule has 0 aromatic carbocycles. The fourth-order valence-corrected chi connectivity index (χ4v) is 0.674. The average Bonchev–Trinajstić information content (AvgIpc) is 2.04. The minimum Gasteiger partial charge on any atom is -0.477 e. The van der Waals surface area contributed by atoms with Gasteiger partial charge in [0.25, 0.3) is 0 Å². The molecule has 0 aliphatic carbocycles. The molecule has 0 saturated carbocycles. The first-order chi connectivity index (χ1) is 5.61. The summed E-state index contributed by atoms with van der Waals surface area (Å²) in [6, 6.07) is 0. The van der Waals surface area contributed by atoms with E-state index in [4.69, 9.17) is 10.2 Å². The summed E-state index contributed by atoms with van der Waals surface area (Å²) in [6.07, 6.45) is 0.981. The van der Waals surface area contributed by atoms with Crippen molar-refractivity contribution in [2.24, 2.45) is 4.99 Å². The third-order valence-electron chi connectivity index (χ3n) is 1.27. The van der Waals surface area contributed by atoms with Crippen LogP contribution in [0.4, 0.5) is 0 Å². The Morgan fingerprint density at radius 1 is 1.42 bits per heavy atom. The van der Waals surface area contributed by atoms with Crippen LogP contribution < -0.4 is 5.32 Å². The summed E-state index contributed by atoms with van der Waals surface area (Å²) in [5.41, 5.74) is -0.194. The molecule has 0 spiro atoms. The molecule has 0 aromatic rings. The van der Waals surface area contributed by atoms with Gasteiger partial charge in [0.05, 0.1) is 12.7 Å². The smallest absolute Gasteiger partial charge is 0.353 e. The predicted octanol–water partition coefficient (Wildman–Crippen LogP) is -0.959. The Labute approximate surface area is 67.2 Å². The van der Waals surface area contributed by atoms with Crippen LogP contribution in [0.15, 0.2) is 16.9 Å². The Morgan fingerprint density at radius 2 is 2.08 bits per heavy atom. The molecule has 12 heavy (non-hydrogen) atoms. The van der Waals surface area contributed by atoms with Gasteiger partial charge in [-0.15, -0.1) is 0 Å². The lowest BCUT2D eigenvalue weighted by Gasteiger charge is -2.09. The van der Waals surface area contributed by atoms with Crippen molar-refractivity contribution in [1.29, 1.82) is 0 Å². The molecule has 0 radical (unpaired) electrons. The quantitative estimate of drug-likeness (QED) is 0.495. The van der Waals surface area contributed by atoms with Crippen LogP contribution in [-0.4, -0.2) is 34.4 Å². The van der Waals surface area contributed by atoms with Crippen LogP contribution in [0.25, 0.3) is 0 Å². The third kappa shape index (κ3) is 1.60. The highest BCUT2D eigenvalue weighted by Crippen LogP contribution is 1.97. The topological polar surface area (TPSA) is 99.0 Å². The van der Waals surface area contributed by atoms with Crippen molar-refractivity contribution >= 4 is 17.7 Å². The molecule has 64 valence electrons. The number of hydrogen-bond acceptors (Lipinski definition) is 4. The van der Waals surface area contributed by atoms with Gasteiger partial charge < -0.3 is 15.5 Å². The zero-order valence-electron chi connectivity index (χ0n) is 5.94. The van der Waals surface area contributed by atoms with Gasteiger partial charge in [0.1, 0.15) is 11.4 Å². The highest BCUT2D eigenvalue weighted by molar-refractivity contribution is 6.37. The number of carboxylic acid groups (broad SMARTS) is 2. The molecule has 0 fully saturated rings. The number of carbonyl (C=O) groups is 2. The Kier molecular flexibility index (Phi) is 2.09. The van der Waals surface area contributed by atoms with Crippen molar-refractivity contribution in [2.75, 3.05) is 6.54 Å². The van der Waals surface area contributed by atoms with Gasteiger partial charge in [-0.1, -0.05) is 0 Å². The van der Waals surface area contributed by atoms with Gasteiger partial charge in [-0.05, 0) is 0 Å². The molecule has 6 nitrogen and oxygen atoms in total. The van der Waals surface area contributed by atoms with E-state index in [1.54, 1.807) is 0 Å². The maximum Gasteiger partial charge on any atom is 0.353 e. The van der Waals surface area contributed by atoms with Crippen molar-refractivity contribution in [3.05, 3.63) is 11.9 Å². The summed E-state index contributed by atoms with van der Waals surface area (Å²) in [6.45, 7) is -0.0620. The van der Waals surface area contributed by atoms with Gasteiger partial charge in [0.15, 0.2) is 0 Å². The van der Waals surface area contributed by atoms with E-state index in [0.29, 0.717) is 0 Å². The van der Waals surface area contributed by atoms with Crippen molar-refractivity contribution in [3.63, 3.8) is 0 Å². The van der Waals surface area contributed by atoms with Gasteiger partial charge >= 0.3 is 11.9 Å². The zero-order valence-corrected chi connectivity index (χ0v) is 5.94. The molecule has 0 aromatic heterocycles. The molecule has 3 N–H and O–H groups in total. The Balaban J connectivity index is 2.80. The van der Waals surface area contributed by atoms with E-state index in [2.05, 4.69) is 10.3 Å². The number of aliphatic imine (C=N–C) groups is 1. The summed E-state index contributed by atoms with van der Waals surface area (Å²) in [5.74, 6) is -2.30. The molecule has 1 rings (SSSR count). The van der Waals surface area contributed by atoms with Crippen molar-refractivity contribution < 1.29 is 19.8 Å². The molecule has 0 saturated heterocycles. The van der Waals surface area contributed by atoms with Crippen LogP contribution in [0, 0.1) is 0 Å². The minimum absolute atomic E-state index is 0.0620. The highest BCUT2D eigenvalue weighted by atomic mass is 16.4. The van der Waals surface area contributed by atoms with Crippen molar-refractivity contribution in [1.82, 2.24) is 5.32 Å². The number of aliphatic carboxylic acids is 2. The highest BCUT2D eigenvalue weighted by Gasteiger charge is 2.16. The first kappa shape index (κ1) is 8.25.